The Morgan fingerprint density at radius 3 is 1.17 bits per heavy atom. The van der Waals surface area contributed by atoms with Gasteiger partial charge in [-0.05, 0) is 49.1 Å². The first-order valence-corrected chi connectivity index (χ1v) is 21.5. The summed E-state index contributed by atoms with van der Waals surface area (Å²) in [6.45, 7) is 8.69. The van der Waals surface area contributed by atoms with Crippen molar-refractivity contribution < 1.29 is 19.0 Å². The predicted octanol–water partition coefficient (Wildman–Crippen LogP) is 14.1. The molecule has 1 atom stereocenters. The van der Waals surface area contributed by atoms with E-state index in [1.54, 1.807) is 6.08 Å². The maximum absolute atomic E-state index is 12.1. The van der Waals surface area contributed by atoms with Crippen molar-refractivity contribution in [1.82, 2.24) is 0 Å². The van der Waals surface area contributed by atoms with Crippen molar-refractivity contribution in [2.75, 3.05) is 19.8 Å². The predicted molar refractivity (Wildman–Crippen MR) is 208 cm³/mol. The second-order valence-corrected chi connectivity index (χ2v) is 14.8. The van der Waals surface area contributed by atoms with Crippen LogP contribution in [0.4, 0.5) is 0 Å². The molecule has 0 aromatic rings. The average Bonchev–Trinajstić information content (AvgIpc) is 3.09. The summed E-state index contributed by atoms with van der Waals surface area (Å²) in [5.74, 6) is -1.01. The van der Waals surface area contributed by atoms with Gasteiger partial charge in [-0.2, -0.15) is 0 Å². The molecule has 1 rings (SSSR count). The molecule has 0 saturated heterocycles. The van der Waals surface area contributed by atoms with Crippen molar-refractivity contribution in [2.24, 2.45) is 0 Å². The minimum absolute atomic E-state index is 0.461. The van der Waals surface area contributed by atoms with Crippen LogP contribution in [0.3, 0.4) is 0 Å². The van der Waals surface area contributed by atoms with Gasteiger partial charge in [0, 0.05) is 12.2 Å². The number of carbonyl (C=O) groups is 1. The molecule has 0 spiro atoms. The summed E-state index contributed by atoms with van der Waals surface area (Å²) in [6.07, 6.45) is 43.6. The van der Waals surface area contributed by atoms with Crippen LogP contribution in [0.25, 0.3) is 0 Å². The number of hydrogen-bond donors (Lipinski definition) is 0. The first-order valence-electron chi connectivity index (χ1n) is 21.1. The van der Waals surface area contributed by atoms with E-state index in [0.29, 0.717) is 25.4 Å². The van der Waals surface area contributed by atoms with Crippen LogP contribution in [0.1, 0.15) is 213 Å². The Bertz CT molecular complexity index is 753. The van der Waals surface area contributed by atoms with Crippen LogP contribution in [0, 0.1) is 0 Å². The zero-order chi connectivity index (χ0) is 34.8. The van der Waals surface area contributed by atoms with E-state index in [1.165, 1.54) is 167 Å². The number of rotatable bonds is 37. The minimum atomic E-state index is -1.01. The van der Waals surface area contributed by atoms with Crippen LogP contribution in [0.15, 0.2) is 23.8 Å². The van der Waals surface area contributed by atoms with Gasteiger partial charge in [-0.15, -0.1) is 0 Å². The highest BCUT2D eigenvalue weighted by molar-refractivity contribution is 6.68. The molecular weight excluding hydrogens is 616 g/mol. The van der Waals surface area contributed by atoms with E-state index in [9.17, 15) is 4.79 Å². The highest BCUT2D eigenvalue weighted by Crippen LogP contribution is 2.32. The third-order valence-electron chi connectivity index (χ3n) is 9.90. The van der Waals surface area contributed by atoms with Crippen molar-refractivity contribution in [2.45, 2.75) is 225 Å². The third kappa shape index (κ3) is 24.5. The van der Waals surface area contributed by atoms with Gasteiger partial charge in [0.2, 0.25) is 5.79 Å². The van der Waals surface area contributed by atoms with Gasteiger partial charge < -0.3 is 14.2 Å². The molecule has 0 fully saturated rings. The van der Waals surface area contributed by atoms with Crippen molar-refractivity contribution in [1.29, 1.82) is 0 Å². The number of hydrogen-bond acceptors (Lipinski definition) is 4. The summed E-state index contributed by atoms with van der Waals surface area (Å²) in [5.41, 5.74) is 0.463. The highest BCUT2D eigenvalue weighted by Gasteiger charge is 2.41. The van der Waals surface area contributed by atoms with Gasteiger partial charge in [-0.3, -0.25) is 4.79 Å². The fourth-order valence-electron chi connectivity index (χ4n) is 6.68. The standard InChI is InChI=1S/C43H79ClO4/c1-4-7-10-13-16-19-22-25-28-31-36-46-41-39-40(42(44)45)34-35-43(41,47-37-32-29-26-23-20-17-14-11-8-5-2)48-38-33-30-27-24-21-18-15-12-9-6-3/h34-35,39,41H,4-33,36-38H2,1-3H3. The molecule has 0 bridgehead atoms. The largest absolute Gasteiger partial charge is 0.368 e. The van der Waals surface area contributed by atoms with Crippen LogP contribution in [-0.2, 0) is 19.0 Å². The normalized spacial score (nSPS) is 15.7. The Kier molecular flexibility index (Phi) is 31.6. The van der Waals surface area contributed by atoms with Crippen LogP contribution in [0.5, 0.6) is 0 Å². The molecule has 0 N–H and O–H groups in total. The number of unbranched alkanes of at least 4 members (excludes halogenated alkanes) is 27. The minimum Gasteiger partial charge on any atom is -0.368 e. The summed E-state index contributed by atoms with van der Waals surface area (Å²) in [6, 6.07) is 0. The van der Waals surface area contributed by atoms with Crippen LogP contribution < -0.4 is 0 Å². The molecule has 1 aliphatic carbocycles. The Morgan fingerprint density at radius 2 is 0.833 bits per heavy atom. The summed E-state index contributed by atoms with van der Waals surface area (Å²) < 4.78 is 19.6. The summed E-state index contributed by atoms with van der Waals surface area (Å²) in [4.78, 5) is 12.1. The zero-order valence-electron chi connectivity index (χ0n) is 32.2. The van der Waals surface area contributed by atoms with E-state index in [2.05, 4.69) is 20.8 Å². The van der Waals surface area contributed by atoms with Crippen LogP contribution in [0.2, 0.25) is 0 Å². The molecule has 1 unspecified atom stereocenters. The number of ether oxygens (including phenoxy) is 3. The Morgan fingerprint density at radius 1 is 0.521 bits per heavy atom. The molecule has 5 heteroatoms. The quantitative estimate of drug-likeness (QED) is 0.0369. The number of halogens is 1. The van der Waals surface area contributed by atoms with E-state index < -0.39 is 17.1 Å². The van der Waals surface area contributed by atoms with Crippen molar-refractivity contribution in [3.63, 3.8) is 0 Å². The number of carbonyl (C=O) groups excluding carboxylic acids is 1. The topological polar surface area (TPSA) is 44.8 Å². The Balaban J connectivity index is 2.59. The van der Waals surface area contributed by atoms with Crippen LogP contribution >= 0.6 is 11.6 Å². The van der Waals surface area contributed by atoms with Crippen LogP contribution in [-0.4, -0.2) is 37.0 Å². The van der Waals surface area contributed by atoms with Crippen molar-refractivity contribution in [3.8, 4) is 0 Å². The molecule has 282 valence electrons. The molecule has 0 aromatic heterocycles. The first kappa shape index (κ1) is 45.3. The van der Waals surface area contributed by atoms with Gasteiger partial charge in [0.05, 0.1) is 13.2 Å². The second kappa shape index (κ2) is 33.5. The molecule has 0 heterocycles. The fraction of sp³-hybridized carbons (Fsp3) is 0.884. The van der Waals surface area contributed by atoms with Gasteiger partial charge in [0.25, 0.3) is 5.24 Å². The Hall–Kier alpha value is -0.680. The van der Waals surface area contributed by atoms with E-state index in [4.69, 9.17) is 25.8 Å². The SMILES string of the molecule is CCCCCCCCCCCCOC1C=C(C(=O)Cl)C=CC1(OCCCCCCCCCCCC)OCCCCCCCCCCCC. The van der Waals surface area contributed by atoms with E-state index in [-0.39, 0.29) is 0 Å². The molecule has 0 aromatic carbocycles. The third-order valence-corrected chi connectivity index (χ3v) is 10.1. The van der Waals surface area contributed by atoms with E-state index in [1.807, 2.05) is 12.2 Å². The maximum atomic E-state index is 12.1. The molecule has 4 nitrogen and oxygen atoms in total. The average molecular weight is 696 g/mol. The van der Waals surface area contributed by atoms with E-state index >= 15 is 0 Å². The smallest absolute Gasteiger partial charge is 0.252 e. The molecule has 48 heavy (non-hydrogen) atoms. The van der Waals surface area contributed by atoms with E-state index in [0.717, 1.165) is 25.7 Å². The molecule has 0 radical (unpaired) electrons. The monoisotopic (exact) mass is 695 g/mol. The lowest BCUT2D eigenvalue weighted by molar-refractivity contribution is -0.253. The van der Waals surface area contributed by atoms with Crippen molar-refractivity contribution >= 4 is 16.8 Å². The molecule has 0 aliphatic heterocycles. The molecular formula is C43H79ClO4. The highest BCUT2D eigenvalue weighted by atomic mass is 35.5. The first-order chi connectivity index (χ1) is 23.6. The lowest BCUT2D eigenvalue weighted by Crippen LogP contribution is -2.48. The van der Waals surface area contributed by atoms with Gasteiger partial charge in [0.15, 0.2) is 0 Å². The fourth-order valence-corrected chi connectivity index (χ4v) is 6.80. The maximum Gasteiger partial charge on any atom is 0.252 e. The van der Waals surface area contributed by atoms with Gasteiger partial charge >= 0.3 is 0 Å². The van der Waals surface area contributed by atoms with Gasteiger partial charge in [0.1, 0.15) is 6.10 Å². The summed E-state index contributed by atoms with van der Waals surface area (Å²) in [7, 11) is 0. The number of allylic oxidation sites excluding steroid dienone is 2. The second-order valence-electron chi connectivity index (χ2n) is 14.5. The van der Waals surface area contributed by atoms with Crippen molar-refractivity contribution in [3.05, 3.63) is 23.8 Å². The molecule has 0 amide bonds. The lowest BCUT2D eigenvalue weighted by atomic mass is 9.98. The molecule has 1 aliphatic rings. The van der Waals surface area contributed by atoms with Gasteiger partial charge in [-0.25, -0.2) is 0 Å². The lowest BCUT2D eigenvalue weighted by Gasteiger charge is -2.38. The summed E-state index contributed by atoms with van der Waals surface area (Å²) >= 11 is 5.94. The van der Waals surface area contributed by atoms with Gasteiger partial charge in [-0.1, -0.05) is 194 Å². The zero-order valence-corrected chi connectivity index (χ0v) is 32.9. The Labute approximate surface area is 303 Å². The summed E-state index contributed by atoms with van der Waals surface area (Å²) in [5, 5.41) is -0.461. The molecule has 0 saturated carbocycles.